The van der Waals surface area contributed by atoms with Crippen molar-refractivity contribution in [3.8, 4) is 11.1 Å². The summed E-state index contributed by atoms with van der Waals surface area (Å²) in [4.78, 5) is 17.7. The molecular formula is C25H31N5O3. The number of aromatic nitrogens is 3. The van der Waals surface area contributed by atoms with E-state index in [0.717, 1.165) is 40.3 Å². The zero-order valence-corrected chi connectivity index (χ0v) is 19.0. The molecule has 1 amide bonds. The van der Waals surface area contributed by atoms with Crippen molar-refractivity contribution in [3.05, 3.63) is 54.5 Å². The van der Waals surface area contributed by atoms with Crippen molar-refractivity contribution in [1.29, 1.82) is 0 Å². The van der Waals surface area contributed by atoms with Crippen molar-refractivity contribution in [2.45, 2.75) is 51.3 Å². The monoisotopic (exact) mass is 449 g/mol. The summed E-state index contributed by atoms with van der Waals surface area (Å²) in [5.41, 5.74) is 4.47. The molecule has 1 aromatic carbocycles. The number of hydrogen-bond acceptors (Lipinski definition) is 6. The van der Waals surface area contributed by atoms with Crippen LogP contribution in [0.3, 0.4) is 0 Å². The Morgan fingerprint density at radius 2 is 2.06 bits per heavy atom. The van der Waals surface area contributed by atoms with Gasteiger partial charge in [-0.05, 0) is 36.6 Å². The van der Waals surface area contributed by atoms with Gasteiger partial charge in [-0.1, -0.05) is 31.4 Å². The minimum Gasteiger partial charge on any atom is -0.394 e. The molecular weight excluding hydrogens is 418 g/mol. The molecule has 1 aliphatic carbocycles. The lowest BCUT2D eigenvalue weighted by atomic mass is 9.98. The molecule has 8 heteroatoms. The number of hydrogen-bond donors (Lipinski definition) is 2. The number of anilines is 3. The molecule has 0 unspecified atom stereocenters. The first-order chi connectivity index (χ1) is 16.2. The predicted molar refractivity (Wildman–Crippen MR) is 128 cm³/mol. The zero-order valence-electron chi connectivity index (χ0n) is 19.0. The molecule has 1 fully saturated rings. The van der Waals surface area contributed by atoms with Crippen LogP contribution >= 0.6 is 0 Å². The smallest absolute Gasteiger partial charge is 0.214 e. The normalized spacial score (nSPS) is 15.4. The third kappa shape index (κ3) is 5.58. The summed E-state index contributed by atoms with van der Waals surface area (Å²) in [5.74, 6) is 0.761. The van der Waals surface area contributed by atoms with E-state index in [2.05, 4.69) is 15.4 Å². The minimum atomic E-state index is 0.0411. The van der Waals surface area contributed by atoms with Gasteiger partial charge in [0.2, 0.25) is 6.41 Å². The molecule has 2 aliphatic rings. The molecule has 3 heterocycles. The molecule has 0 spiro atoms. The van der Waals surface area contributed by atoms with Crippen molar-refractivity contribution in [2.75, 3.05) is 23.9 Å². The number of methoxy groups -OCH3 is 1. The summed E-state index contributed by atoms with van der Waals surface area (Å²) < 4.78 is 6.88. The van der Waals surface area contributed by atoms with E-state index in [-0.39, 0.29) is 6.61 Å². The molecule has 33 heavy (non-hydrogen) atoms. The van der Waals surface area contributed by atoms with E-state index >= 15 is 0 Å². The summed E-state index contributed by atoms with van der Waals surface area (Å²) in [7, 11) is 1.82. The van der Waals surface area contributed by atoms with Gasteiger partial charge in [-0.15, -0.1) is 0 Å². The third-order valence-corrected chi connectivity index (χ3v) is 6.10. The molecule has 3 aromatic rings. The Bertz CT molecular complexity index is 1060. The number of carbonyl (C=O) groups is 1. The van der Waals surface area contributed by atoms with Gasteiger partial charge in [-0.2, -0.15) is 5.10 Å². The SMILES string of the molecule is COC1CCCCC1.O=CN1Cc2cccnc2Nc2ccc(-c3cnn(CCO)c3)cc21. The highest BCUT2D eigenvalue weighted by atomic mass is 16.5. The van der Waals surface area contributed by atoms with Crippen LogP contribution in [0.1, 0.15) is 37.7 Å². The van der Waals surface area contributed by atoms with E-state index in [9.17, 15) is 4.79 Å². The van der Waals surface area contributed by atoms with Crippen LogP contribution in [0, 0.1) is 0 Å². The number of benzene rings is 1. The average Bonchev–Trinajstić information content (AvgIpc) is 3.27. The molecule has 5 rings (SSSR count). The fourth-order valence-electron chi connectivity index (χ4n) is 4.26. The largest absolute Gasteiger partial charge is 0.394 e. The van der Waals surface area contributed by atoms with Gasteiger partial charge in [-0.3, -0.25) is 9.48 Å². The molecule has 0 radical (unpaired) electrons. The van der Waals surface area contributed by atoms with Crippen LogP contribution in [0.2, 0.25) is 0 Å². The van der Waals surface area contributed by atoms with E-state index in [1.165, 1.54) is 32.1 Å². The topological polar surface area (TPSA) is 92.5 Å². The number of nitrogens with zero attached hydrogens (tertiary/aromatic N) is 4. The van der Waals surface area contributed by atoms with Gasteiger partial charge in [0, 0.05) is 30.6 Å². The summed E-state index contributed by atoms with van der Waals surface area (Å²) in [6.07, 6.45) is 13.5. The Hall–Kier alpha value is -3.23. The van der Waals surface area contributed by atoms with Crippen LogP contribution in [0.25, 0.3) is 11.1 Å². The lowest BCUT2D eigenvalue weighted by Gasteiger charge is -2.19. The first kappa shape index (κ1) is 22.9. The standard InChI is InChI=1S/C18H17N5O2.C7H14O/c24-7-6-23-11-15(9-20-23)13-3-4-16-17(8-13)22(12-25)10-14-2-1-5-19-18(14)21-16;1-8-7-5-3-2-4-6-7/h1-5,8-9,11-12,24H,6-7,10H2,(H,19,21);7H,2-6H2,1H3. The fourth-order valence-corrected chi connectivity index (χ4v) is 4.26. The Balaban J connectivity index is 0.000000275. The van der Waals surface area contributed by atoms with Gasteiger partial charge in [-0.25, -0.2) is 4.98 Å². The second-order valence-corrected chi connectivity index (χ2v) is 8.31. The number of aliphatic hydroxyl groups excluding tert-OH is 1. The third-order valence-electron chi connectivity index (χ3n) is 6.10. The summed E-state index contributed by atoms with van der Waals surface area (Å²) >= 11 is 0. The number of fused-ring (bicyclic) bond motifs is 2. The van der Waals surface area contributed by atoms with Crippen LogP contribution < -0.4 is 10.2 Å². The second-order valence-electron chi connectivity index (χ2n) is 8.31. The van der Waals surface area contributed by atoms with Crippen LogP contribution in [-0.2, 0) is 22.6 Å². The van der Waals surface area contributed by atoms with E-state index in [1.807, 2.05) is 43.6 Å². The molecule has 174 valence electrons. The number of ether oxygens (including phenoxy) is 1. The van der Waals surface area contributed by atoms with Crippen molar-refractivity contribution in [3.63, 3.8) is 0 Å². The Kier molecular flexibility index (Phi) is 7.70. The van der Waals surface area contributed by atoms with Crippen LogP contribution in [-0.4, -0.2) is 46.1 Å². The quantitative estimate of drug-likeness (QED) is 0.569. The van der Waals surface area contributed by atoms with Gasteiger partial charge in [0.25, 0.3) is 0 Å². The highest BCUT2D eigenvalue weighted by molar-refractivity contribution is 5.90. The number of nitrogens with one attached hydrogen (secondary N) is 1. The lowest BCUT2D eigenvalue weighted by molar-refractivity contribution is -0.107. The number of amides is 1. The average molecular weight is 450 g/mol. The molecule has 0 atom stereocenters. The summed E-state index contributed by atoms with van der Waals surface area (Å²) in [5, 5.41) is 16.6. The van der Waals surface area contributed by atoms with E-state index < -0.39 is 0 Å². The maximum Gasteiger partial charge on any atom is 0.214 e. The van der Waals surface area contributed by atoms with Gasteiger partial charge in [0.15, 0.2) is 0 Å². The minimum absolute atomic E-state index is 0.0411. The highest BCUT2D eigenvalue weighted by Gasteiger charge is 2.20. The molecule has 2 N–H and O–H groups in total. The number of rotatable bonds is 5. The van der Waals surface area contributed by atoms with E-state index in [0.29, 0.717) is 19.2 Å². The van der Waals surface area contributed by atoms with Crippen molar-refractivity contribution < 1.29 is 14.6 Å². The van der Waals surface area contributed by atoms with E-state index in [1.54, 1.807) is 22.0 Å². The van der Waals surface area contributed by atoms with Gasteiger partial charge in [0.1, 0.15) is 5.82 Å². The Morgan fingerprint density at radius 1 is 1.21 bits per heavy atom. The Morgan fingerprint density at radius 3 is 2.79 bits per heavy atom. The fraction of sp³-hybridized carbons (Fsp3) is 0.400. The number of carbonyl (C=O) groups excluding carboxylic acids is 1. The summed E-state index contributed by atoms with van der Waals surface area (Å²) in [6, 6.07) is 9.69. The van der Waals surface area contributed by atoms with Crippen LogP contribution in [0.15, 0.2) is 48.9 Å². The highest BCUT2D eigenvalue weighted by Crippen LogP contribution is 2.37. The molecule has 1 saturated carbocycles. The molecule has 2 aromatic heterocycles. The zero-order chi connectivity index (χ0) is 23.0. The summed E-state index contributed by atoms with van der Waals surface area (Å²) in [6.45, 7) is 0.952. The maximum absolute atomic E-state index is 11.7. The lowest BCUT2D eigenvalue weighted by Crippen LogP contribution is -2.19. The first-order valence-corrected chi connectivity index (χ1v) is 11.4. The second kappa shape index (κ2) is 11.1. The van der Waals surface area contributed by atoms with Crippen molar-refractivity contribution >= 4 is 23.6 Å². The predicted octanol–water partition coefficient (Wildman–Crippen LogP) is 4.12. The first-order valence-electron chi connectivity index (χ1n) is 11.4. The van der Waals surface area contributed by atoms with Crippen LogP contribution in [0.5, 0.6) is 0 Å². The van der Waals surface area contributed by atoms with Gasteiger partial charge < -0.3 is 20.1 Å². The Labute approximate surface area is 194 Å². The maximum atomic E-state index is 11.7. The van der Waals surface area contributed by atoms with Crippen molar-refractivity contribution in [1.82, 2.24) is 14.8 Å². The number of pyridine rings is 1. The molecule has 0 saturated heterocycles. The molecule has 0 bridgehead atoms. The van der Waals surface area contributed by atoms with Crippen LogP contribution in [0.4, 0.5) is 17.2 Å². The van der Waals surface area contributed by atoms with Gasteiger partial charge >= 0.3 is 0 Å². The molecule has 8 nitrogen and oxygen atoms in total. The molecule has 1 aliphatic heterocycles. The van der Waals surface area contributed by atoms with Gasteiger partial charge in [0.05, 0.1) is 43.4 Å². The van der Waals surface area contributed by atoms with Crippen molar-refractivity contribution in [2.24, 2.45) is 0 Å². The van der Waals surface area contributed by atoms with E-state index in [4.69, 9.17) is 9.84 Å². The number of aliphatic hydroxyl groups is 1.